The van der Waals surface area contributed by atoms with Crippen molar-refractivity contribution < 1.29 is 23.8 Å². The van der Waals surface area contributed by atoms with Gasteiger partial charge < -0.3 is 24.4 Å². The van der Waals surface area contributed by atoms with Crippen LogP contribution in [0, 0.1) is 0 Å². The van der Waals surface area contributed by atoms with Crippen molar-refractivity contribution in [3.05, 3.63) is 83.4 Å². The van der Waals surface area contributed by atoms with E-state index in [0.717, 1.165) is 16.9 Å². The minimum Gasteiger partial charge on any atom is -0.496 e. The highest BCUT2D eigenvalue weighted by atomic mass is 16.5. The Morgan fingerprint density at radius 3 is 2.49 bits per heavy atom. The summed E-state index contributed by atoms with van der Waals surface area (Å²) in [6.07, 6.45) is 0.671. The maximum absolute atomic E-state index is 13.2. The van der Waals surface area contributed by atoms with E-state index in [1.165, 1.54) is 7.11 Å². The highest BCUT2D eigenvalue weighted by Gasteiger charge is 2.30. The van der Waals surface area contributed by atoms with Crippen LogP contribution in [-0.4, -0.2) is 43.6 Å². The Balaban J connectivity index is 1.55. The molecular formula is C28H30N2O5. The van der Waals surface area contributed by atoms with Gasteiger partial charge in [0.25, 0.3) is 11.8 Å². The fourth-order valence-electron chi connectivity index (χ4n) is 4.23. The van der Waals surface area contributed by atoms with Crippen molar-refractivity contribution in [3.63, 3.8) is 0 Å². The standard InChI is InChI=1S/C28H30N2O5/c1-4-23-28(32)30(16-15-19-9-5-7-11-24(19)33-2)18-20-17-21(13-14-25(20)35-23)29-27(31)22-10-6-8-12-26(22)34-3/h5-14,17,23H,4,15-16,18H2,1-3H3,(H,29,31)/t23-/m0/s1. The summed E-state index contributed by atoms with van der Waals surface area (Å²) in [5, 5.41) is 2.93. The number of anilines is 1. The molecule has 3 aromatic rings. The number of fused-ring (bicyclic) bond motifs is 1. The number of hydrogen-bond acceptors (Lipinski definition) is 5. The van der Waals surface area contributed by atoms with E-state index in [0.29, 0.717) is 48.7 Å². The first-order valence-corrected chi connectivity index (χ1v) is 11.7. The summed E-state index contributed by atoms with van der Waals surface area (Å²) in [5.74, 6) is 1.65. The van der Waals surface area contributed by atoms with Crippen LogP contribution in [0.5, 0.6) is 17.2 Å². The Kier molecular flexibility index (Phi) is 7.55. The first-order valence-electron chi connectivity index (χ1n) is 11.7. The minimum atomic E-state index is -0.553. The molecule has 0 unspecified atom stereocenters. The lowest BCUT2D eigenvalue weighted by molar-refractivity contribution is -0.138. The maximum Gasteiger partial charge on any atom is 0.263 e. The summed E-state index contributed by atoms with van der Waals surface area (Å²) in [5.41, 5.74) is 2.95. The number of nitrogens with zero attached hydrogens (tertiary/aromatic N) is 1. The highest BCUT2D eigenvalue weighted by molar-refractivity contribution is 6.06. The van der Waals surface area contributed by atoms with Crippen molar-refractivity contribution >= 4 is 17.5 Å². The number of carbonyl (C=O) groups is 2. The number of ether oxygens (including phenoxy) is 3. The van der Waals surface area contributed by atoms with E-state index in [-0.39, 0.29) is 11.8 Å². The monoisotopic (exact) mass is 474 g/mol. The summed E-state index contributed by atoms with van der Waals surface area (Å²) in [6.45, 7) is 2.85. The molecule has 35 heavy (non-hydrogen) atoms. The molecule has 0 radical (unpaired) electrons. The van der Waals surface area contributed by atoms with Crippen molar-refractivity contribution in [2.24, 2.45) is 0 Å². The predicted octanol–water partition coefficient (Wildman–Crippen LogP) is 4.70. The largest absolute Gasteiger partial charge is 0.496 e. The van der Waals surface area contributed by atoms with Crippen LogP contribution in [0.2, 0.25) is 0 Å². The summed E-state index contributed by atoms with van der Waals surface area (Å²) in [7, 11) is 3.18. The summed E-state index contributed by atoms with van der Waals surface area (Å²) in [6, 6.07) is 20.3. The van der Waals surface area contributed by atoms with Gasteiger partial charge >= 0.3 is 0 Å². The van der Waals surface area contributed by atoms with Gasteiger partial charge in [-0.1, -0.05) is 37.3 Å². The number of methoxy groups -OCH3 is 2. The zero-order valence-corrected chi connectivity index (χ0v) is 20.2. The van der Waals surface area contributed by atoms with E-state index in [2.05, 4.69) is 5.32 Å². The van der Waals surface area contributed by atoms with E-state index in [9.17, 15) is 9.59 Å². The summed E-state index contributed by atoms with van der Waals surface area (Å²) < 4.78 is 16.8. The lowest BCUT2D eigenvalue weighted by atomic mass is 10.1. The number of carbonyl (C=O) groups excluding carboxylic acids is 2. The zero-order valence-electron chi connectivity index (χ0n) is 20.2. The van der Waals surface area contributed by atoms with E-state index >= 15 is 0 Å². The van der Waals surface area contributed by atoms with Crippen LogP contribution in [0.25, 0.3) is 0 Å². The SMILES string of the molecule is CC[C@@H]1Oc2ccc(NC(=O)c3ccccc3OC)cc2CN(CCc2ccccc2OC)C1=O. The Morgan fingerprint density at radius 2 is 1.74 bits per heavy atom. The van der Waals surface area contributed by atoms with E-state index in [4.69, 9.17) is 14.2 Å². The smallest absolute Gasteiger partial charge is 0.263 e. The van der Waals surface area contributed by atoms with Crippen LogP contribution in [0.4, 0.5) is 5.69 Å². The number of hydrogen-bond donors (Lipinski definition) is 1. The van der Waals surface area contributed by atoms with Crippen molar-refractivity contribution in [1.82, 2.24) is 4.90 Å². The lowest BCUT2D eigenvalue weighted by Gasteiger charge is -2.23. The van der Waals surface area contributed by atoms with E-state index in [1.807, 2.05) is 54.3 Å². The van der Waals surface area contributed by atoms with Crippen molar-refractivity contribution in [1.29, 1.82) is 0 Å². The van der Waals surface area contributed by atoms with Gasteiger partial charge in [-0.2, -0.15) is 0 Å². The molecule has 3 aromatic carbocycles. The fraction of sp³-hybridized carbons (Fsp3) is 0.286. The van der Waals surface area contributed by atoms with E-state index in [1.54, 1.807) is 31.4 Å². The van der Waals surface area contributed by atoms with Gasteiger partial charge in [0, 0.05) is 24.3 Å². The molecule has 1 N–H and O–H groups in total. The number of rotatable bonds is 8. The molecule has 182 valence electrons. The van der Waals surface area contributed by atoms with Gasteiger partial charge in [0.2, 0.25) is 0 Å². The molecule has 2 amide bonds. The molecule has 4 rings (SSSR count). The molecule has 7 heteroatoms. The highest BCUT2D eigenvalue weighted by Crippen LogP contribution is 2.30. The normalized spacial score (nSPS) is 15.0. The van der Waals surface area contributed by atoms with Gasteiger partial charge in [-0.05, 0) is 54.8 Å². The van der Waals surface area contributed by atoms with Crippen LogP contribution in [0.1, 0.15) is 34.8 Å². The maximum atomic E-state index is 13.2. The molecule has 0 saturated heterocycles. The number of benzene rings is 3. The summed E-state index contributed by atoms with van der Waals surface area (Å²) in [4.78, 5) is 27.9. The van der Waals surface area contributed by atoms with E-state index < -0.39 is 6.10 Å². The molecule has 0 saturated carbocycles. The van der Waals surface area contributed by atoms with Gasteiger partial charge in [0.15, 0.2) is 6.10 Å². The van der Waals surface area contributed by atoms with Crippen molar-refractivity contribution in [2.45, 2.75) is 32.4 Å². The molecule has 0 spiro atoms. The van der Waals surface area contributed by atoms with Crippen LogP contribution in [0.3, 0.4) is 0 Å². The molecule has 0 aromatic heterocycles. The van der Waals surface area contributed by atoms with Crippen molar-refractivity contribution in [3.8, 4) is 17.2 Å². The average Bonchev–Trinajstić information content (AvgIpc) is 3.03. The molecule has 1 atom stereocenters. The first-order chi connectivity index (χ1) is 17.0. The Labute approximate surface area is 205 Å². The Morgan fingerprint density at radius 1 is 1.03 bits per heavy atom. The van der Waals surface area contributed by atoms with Crippen molar-refractivity contribution in [2.75, 3.05) is 26.1 Å². The third-order valence-electron chi connectivity index (χ3n) is 6.10. The molecule has 0 bridgehead atoms. The number of amides is 2. The second-order valence-electron chi connectivity index (χ2n) is 8.31. The lowest BCUT2D eigenvalue weighted by Crippen LogP contribution is -2.40. The van der Waals surface area contributed by atoms with Crippen LogP contribution < -0.4 is 19.5 Å². The Hall–Kier alpha value is -4.00. The molecule has 1 aliphatic rings. The molecular weight excluding hydrogens is 444 g/mol. The minimum absolute atomic E-state index is 0.0433. The third kappa shape index (κ3) is 5.40. The first kappa shape index (κ1) is 24.1. The van der Waals surface area contributed by atoms with Gasteiger partial charge in [0.05, 0.1) is 19.8 Å². The second-order valence-corrected chi connectivity index (χ2v) is 8.31. The second kappa shape index (κ2) is 11.0. The fourth-order valence-corrected chi connectivity index (χ4v) is 4.23. The van der Waals surface area contributed by atoms with Gasteiger partial charge in [-0.3, -0.25) is 9.59 Å². The van der Waals surface area contributed by atoms with Crippen LogP contribution in [0.15, 0.2) is 66.7 Å². The number of nitrogens with one attached hydrogen (secondary N) is 1. The summed E-state index contributed by atoms with van der Waals surface area (Å²) >= 11 is 0. The predicted molar refractivity (Wildman–Crippen MR) is 134 cm³/mol. The van der Waals surface area contributed by atoms with Gasteiger partial charge in [0.1, 0.15) is 17.2 Å². The molecule has 1 heterocycles. The Bertz CT molecular complexity index is 1210. The molecule has 1 aliphatic heterocycles. The third-order valence-corrected chi connectivity index (χ3v) is 6.10. The topological polar surface area (TPSA) is 77.1 Å². The van der Waals surface area contributed by atoms with Gasteiger partial charge in [-0.15, -0.1) is 0 Å². The quantitative estimate of drug-likeness (QED) is 0.512. The molecule has 7 nitrogen and oxygen atoms in total. The zero-order chi connectivity index (χ0) is 24.8. The molecule has 0 aliphatic carbocycles. The van der Waals surface area contributed by atoms with Crippen LogP contribution in [-0.2, 0) is 17.8 Å². The molecule has 0 fully saturated rings. The van der Waals surface area contributed by atoms with Crippen LogP contribution >= 0.6 is 0 Å². The number of para-hydroxylation sites is 2. The van der Waals surface area contributed by atoms with Gasteiger partial charge in [-0.25, -0.2) is 0 Å². The average molecular weight is 475 g/mol.